The standard InChI is InChI=1S/C14H17N3O2/c18-14(19)11-4-5-13-15-8-12(17(13)9-11)10-16-6-2-1-3-7-16/h4-5,8-9H,1-3,6-7,10H2,(H,18,19). The van der Waals surface area contributed by atoms with Gasteiger partial charge in [-0.2, -0.15) is 0 Å². The van der Waals surface area contributed by atoms with Crippen LogP contribution in [0.25, 0.3) is 5.65 Å². The van der Waals surface area contributed by atoms with E-state index in [-0.39, 0.29) is 0 Å². The first-order chi connectivity index (χ1) is 9.24. The Morgan fingerprint density at radius 2 is 2.05 bits per heavy atom. The van der Waals surface area contributed by atoms with Crippen LogP contribution in [0.5, 0.6) is 0 Å². The van der Waals surface area contributed by atoms with Gasteiger partial charge in [0.15, 0.2) is 0 Å². The second kappa shape index (κ2) is 5.01. The van der Waals surface area contributed by atoms with E-state index in [4.69, 9.17) is 5.11 Å². The molecule has 0 bridgehead atoms. The predicted molar refractivity (Wildman–Crippen MR) is 71.3 cm³/mol. The molecule has 1 aliphatic heterocycles. The second-order valence-electron chi connectivity index (χ2n) is 5.04. The lowest BCUT2D eigenvalue weighted by Gasteiger charge is -2.25. The molecular weight excluding hydrogens is 242 g/mol. The van der Waals surface area contributed by atoms with E-state index in [0.29, 0.717) is 5.56 Å². The van der Waals surface area contributed by atoms with Crippen LogP contribution in [0.3, 0.4) is 0 Å². The maximum Gasteiger partial charge on any atom is 0.337 e. The number of fused-ring (bicyclic) bond motifs is 1. The summed E-state index contributed by atoms with van der Waals surface area (Å²) in [7, 11) is 0. The van der Waals surface area contributed by atoms with Crippen molar-refractivity contribution in [1.82, 2.24) is 14.3 Å². The fraction of sp³-hybridized carbons (Fsp3) is 0.429. The van der Waals surface area contributed by atoms with Gasteiger partial charge in [-0.25, -0.2) is 9.78 Å². The van der Waals surface area contributed by atoms with E-state index in [1.807, 2.05) is 10.6 Å². The number of hydrogen-bond acceptors (Lipinski definition) is 3. The van der Waals surface area contributed by atoms with Crippen molar-refractivity contribution in [2.24, 2.45) is 0 Å². The van der Waals surface area contributed by atoms with E-state index >= 15 is 0 Å². The first-order valence-electron chi connectivity index (χ1n) is 6.66. The molecule has 0 aliphatic carbocycles. The summed E-state index contributed by atoms with van der Waals surface area (Å²) in [6.45, 7) is 3.07. The van der Waals surface area contributed by atoms with Crippen LogP contribution in [0.1, 0.15) is 35.3 Å². The minimum absolute atomic E-state index is 0.297. The van der Waals surface area contributed by atoms with Gasteiger partial charge in [-0.3, -0.25) is 4.90 Å². The molecule has 2 aromatic heterocycles. The maximum absolute atomic E-state index is 11.0. The lowest BCUT2D eigenvalue weighted by atomic mass is 10.1. The number of likely N-dealkylation sites (tertiary alicyclic amines) is 1. The fourth-order valence-corrected chi connectivity index (χ4v) is 2.62. The maximum atomic E-state index is 11.0. The molecule has 5 nitrogen and oxygen atoms in total. The molecule has 3 rings (SSSR count). The number of aromatic carboxylic acids is 1. The Morgan fingerprint density at radius 3 is 2.79 bits per heavy atom. The zero-order chi connectivity index (χ0) is 13.2. The third-order valence-corrected chi connectivity index (χ3v) is 3.66. The van der Waals surface area contributed by atoms with Gasteiger partial charge in [-0.05, 0) is 38.1 Å². The Labute approximate surface area is 111 Å². The van der Waals surface area contributed by atoms with E-state index in [9.17, 15) is 4.79 Å². The Hall–Kier alpha value is -1.88. The molecule has 1 fully saturated rings. The molecule has 100 valence electrons. The minimum atomic E-state index is -0.903. The van der Waals surface area contributed by atoms with Crippen molar-refractivity contribution in [1.29, 1.82) is 0 Å². The molecular formula is C14H17N3O2. The molecule has 1 aliphatic rings. The lowest BCUT2D eigenvalue weighted by molar-refractivity contribution is 0.0696. The monoisotopic (exact) mass is 259 g/mol. The highest BCUT2D eigenvalue weighted by Crippen LogP contribution is 2.15. The molecule has 0 amide bonds. The first-order valence-corrected chi connectivity index (χ1v) is 6.66. The molecule has 0 atom stereocenters. The van der Waals surface area contributed by atoms with Crippen molar-refractivity contribution in [3.8, 4) is 0 Å². The molecule has 0 aromatic carbocycles. The molecule has 1 saturated heterocycles. The Kier molecular flexibility index (Phi) is 3.21. The first kappa shape index (κ1) is 12.2. The van der Waals surface area contributed by atoms with Crippen molar-refractivity contribution >= 4 is 11.6 Å². The normalized spacial score (nSPS) is 16.8. The number of hydrogen-bond donors (Lipinski definition) is 1. The van der Waals surface area contributed by atoms with E-state index in [1.54, 1.807) is 18.3 Å². The average molecular weight is 259 g/mol. The van der Waals surface area contributed by atoms with E-state index in [1.165, 1.54) is 19.3 Å². The minimum Gasteiger partial charge on any atom is -0.478 e. The zero-order valence-electron chi connectivity index (χ0n) is 10.7. The van der Waals surface area contributed by atoms with Crippen LogP contribution in [0, 0.1) is 0 Å². The number of piperidine rings is 1. The summed E-state index contributed by atoms with van der Waals surface area (Å²) >= 11 is 0. The summed E-state index contributed by atoms with van der Waals surface area (Å²) in [5, 5.41) is 9.05. The third kappa shape index (κ3) is 2.46. The van der Waals surface area contributed by atoms with Gasteiger partial charge >= 0.3 is 5.97 Å². The van der Waals surface area contributed by atoms with Crippen molar-refractivity contribution in [2.45, 2.75) is 25.8 Å². The molecule has 0 spiro atoms. The molecule has 2 aromatic rings. The number of pyridine rings is 1. The van der Waals surface area contributed by atoms with Crippen molar-refractivity contribution in [3.63, 3.8) is 0 Å². The molecule has 1 N–H and O–H groups in total. The van der Waals surface area contributed by atoms with Gasteiger partial charge in [0, 0.05) is 12.7 Å². The molecule has 0 unspecified atom stereocenters. The van der Waals surface area contributed by atoms with Crippen LogP contribution in [0.2, 0.25) is 0 Å². The second-order valence-corrected chi connectivity index (χ2v) is 5.04. The van der Waals surface area contributed by atoms with Crippen LogP contribution in [0.4, 0.5) is 0 Å². The SMILES string of the molecule is O=C(O)c1ccc2ncc(CN3CCCCC3)n2c1. The topological polar surface area (TPSA) is 57.8 Å². The molecule has 0 saturated carbocycles. The van der Waals surface area contributed by atoms with Gasteiger partial charge in [0.25, 0.3) is 0 Å². The summed E-state index contributed by atoms with van der Waals surface area (Å²) in [5.41, 5.74) is 2.16. The van der Waals surface area contributed by atoms with Crippen molar-refractivity contribution < 1.29 is 9.90 Å². The Morgan fingerprint density at radius 1 is 1.26 bits per heavy atom. The number of carboxylic acids is 1. The van der Waals surface area contributed by atoms with Gasteiger partial charge in [0.2, 0.25) is 0 Å². The summed E-state index contributed by atoms with van der Waals surface area (Å²) in [6.07, 6.45) is 7.31. The summed E-state index contributed by atoms with van der Waals surface area (Å²) in [5.74, 6) is -0.903. The molecule has 0 radical (unpaired) electrons. The number of carbonyl (C=O) groups is 1. The highest BCUT2D eigenvalue weighted by atomic mass is 16.4. The van der Waals surface area contributed by atoms with Crippen LogP contribution in [-0.4, -0.2) is 38.4 Å². The van der Waals surface area contributed by atoms with Crippen LogP contribution in [-0.2, 0) is 6.54 Å². The number of aromatic nitrogens is 2. The van der Waals surface area contributed by atoms with Gasteiger partial charge in [-0.15, -0.1) is 0 Å². The number of imidazole rings is 1. The summed E-state index contributed by atoms with van der Waals surface area (Å²) < 4.78 is 1.89. The Balaban J connectivity index is 1.89. The summed E-state index contributed by atoms with van der Waals surface area (Å²) in [6, 6.07) is 3.35. The van der Waals surface area contributed by atoms with Gasteiger partial charge < -0.3 is 9.51 Å². The number of nitrogens with zero attached hydrogens (tertiary/aromatic N) is 3. The van der Waals surface area contributed by atoms with Gasteiger partial charge in [0.05, 0.1) is 17.5 Å². The van der Waals surface area contributed by atoms with Gasteiger partial charge in [0.1, 0.15) is 5.65 Å². The van der Waals surface area contributed by atoms with Crippen LogP contribution >= 0.6 is 0 Å². The van der Waals surface area contributed by atoms with E-state index in [0.717, 1.165) is 31.0 Å². The quantitative estimate of drug-likeness (QED) is 0.916. The molecule has 19 heavy (non-hydrogen) atoms. The van der Waals surface area contributed by atoms with Crippen LogP contribution in [0.15, 0.2) is 24.5 Å². The smallest absolute Gasteiger partial charge is 0.337 e. The van der Waals surface area contributed by atoms with Crippen molar-refractivity contribution in [2.75, 3.05) is 13.1 Å². The predicted octanol–water partition coefficient (Wildman–Crippen LogP) is 2.02. The molecule has 3 heterocycles. The number of carboxylic acid groups (broad SMARTS) is 1. The van der Waals surface area contributed by atoms with E-state index in [2.05, 4.69) is 9.88 Å². The van der Waals surface area contributed by atoms with E-state index < -0.39 is 5.97 Å². The highest BCUT2D eigenvalue weighted by Gasteiger charge is 2.13. The lowest BCUT2D eigenvalue weighted by Crippen LogP contribution is -2.29. The largest absolute Gasteiger partial charge is 0.478 e. The zero-order valence-corrected chi connectivity index (χ0v) is 10.7. The van der Waals surface area contributed by atoms with Crippen LogP contribution < -0.4 is 0 Å². The Bertz CT molecular complexity index is 600. The van der Waals surface area contributed by atoms with Crippen molar-refractivity contribution in [3.05, 3.63) is 35.8 Å². The summed E-state index contributed by atoms with van der Waals surface area (Å²) in [4.78, 5) is 17.8. The molecule has 5 heteroatoms. The third-order valence-electron chi connectivity index (χ3n) is 3.66. The fourth-order valence-electron chi connectivity index (χ4n) is 2.62. The highest BCUT2D eigenvalue weighted by molar-refractivity contribution is 5.87. The average Bonchev–Trinajstić information content (AvgIpc) is 2.82. The number of rotatable bonds is 3. The van der Waals surface area contributed by atoms with Gasteiger partial charge in [-0.1, -0.05) is 6.42 Å².